The summed E-state index contributed by atoms with van der Waals surface area (Å²) >= 11 is 5.43. The molecule has 1 fully saturated rings. The molecule has 0 saturated heterocycles. The Kier molecular flexibility index (Phi) is 3.94. The van der Waals surface area contributed by atoms with Crippen molar-refractivity contribution in [1.29, 1.82) is 0 Å². The van der Waals surface area contributed by atoms with Crippen molar-refractivity contribution < 1.29 is 4.74 Å². The highest BCUT2D eigenvalue weighted by Crippen LogP contribution is 2.28. The third-order valence-electron chi connectivity index (χ3n) is 3.82. The number of aryl methyl sites for hydroxylation is 2. The summed E-state index contributed by atoms with van der Waals surface area (Å²) in [5.74, 6) is 0.807. The van der Waals surface area contributed by atoms with Crippen LogP contribution in [-0.2, 0) is 24.8 Å². The average Bonchev–Trinajstić information content (AvgIpc) is 3.11. The summed E-state index contributed by atoms with van der Waals surface area (Å²) < 4.78 is 10.5. The Balaban J connectivity index is 1.78. The predicted molar refractivity (Wildman–Crippen MR) is 81.4 cm³/mol. The number of hydrogen-bond donors (Lipinski definition) is 1. The Morgan fingerprint density at radius 1 is 1.45 bits per heavy atom. The second kappa shape index (κ2) is 5.69. The van der Waals surface area contributed by atoms with Crippen LogP contribution in [0.4, 0.5) is 0 Å². The zero-order valence-electron chi connectivity index (χ0n) is 12.2. The van der Waals surface area contributed by atoms with Gasteiger partial charge >= 0.3 is 0 Å². The van der Waals surface area contributed by atoms with Crippen LogP contribution in [0.25, 0.3) is 11.2 Å². The lowest BCUT2D eigenvalue weighted by Gasteiger charge is -2.05. The second-order valence-electron chi connectivity index (χ2n) is 5.62. The highest BCUT2D eigenvalue weighted by atomic mass is 32.1. The summed E-state index contributed by atoms with van der Waals surface area (Å²) in [4.78, 5) is 3.30. The van der Waals surface area contributed by atoms with Crippen molar-refractivity contribution in [3.63, 3.8) is 0 Å². The third kappa shape index (κ3) is 2.67. The van der Waals surface area contributed by atoms with Crippen LogP contribution in [0, 0.1) is 10.7 Å². The Morgan fingerprint density at radius 2 is 2.25 bits per heavy atom. The molecule has 0 bridgehead atoms. The second-order valence-corrected chi connectivity index (χ2v) is 6.01. The van der Waals surface area contributed by atoms with E-state index in [9.17, 15) is 0 Å². The predicted octanol–water partition coefficient (Wildman–Crippen LogP) is 2.81. The molecular formula is C14H22N4OS. The summed E-state index contributed by atoms with van der Waals surface area (Å²) in [6, 6.07) is 0. The highest BCUT2D eigenvalue weighted by molar-refractivity contribution is 7.71. The molecule has 0 amide bonds. The van der Waals surface area contributed by atoms with Crippen LogP contribution >= 0.6 is 12.2 Å². The number of hydrogen-bond acceptors (Lipinski definition) is 3. The molecule has 110 valence electrons. The molecule has 0 aromatic carbocycles. The summed E-state index contributed by atoms with van der Waals surface area (Å²) in [7, 11) is 1.98. The lowest BCUT2D eigenvalue weighted by Crippen LogP contribution is -2.09. The maximum atomic E-state index is 5.72. The van der Waals surface area contributed by atoms with Crippen molar-refractivity contribution in [3.05, 3.63) is 10.5 Å². The topological polar surface area (TPSA) is 47.8 Å². The summed E-state index contributed by atoms with van der Waals surface area (Å²) in [6.07, 6.45) is 4.72. The molecule has 2 aromatic heterocycles. The molecule has 0 atom stereocenters. The van der Waals surface area contributed by atoms with Crippen LogP contribution in [0.2, 0.25) is 0 Å². The molecule has 0 spiro atoms. The molecule has 5 nitrogen and oxygen atoms in total. The zero-order valence-corrected chi connectivity index (χ0v) is 13.0. The first-order valence-corrected chi connectivity index (χ1v) is 7.83. The van der Waals surface area contributed by atoms with E-state index in [1.807, 2.05) is 11.7 Å². The fourth-order valence-corrected chi connectivity index (χ4v) is 2.87. The van der Waals surface area contributed by atoms with Gasteiger partial charge in [0.25, 0.3) is 0 Å². The zero-order chi connectivity index (χ0) is 14.1. The molecule has 20 heavy (non-hydrogen) atoms. The van der Waals surface area contributed by atoms with Gasteiger partial charge in [0, 0.05) is 13.7 Å². The van der Waals surface area contributed by atoms with E-state index in [1.165, 1.54) is 12.8 Å². The molecule has 1 saturated carbocycles. The van der Waals surface area contributed by atoms with Gasteiger partial charge in [0.2, 0.25) is 0 Å². The summed E-state index contributed by atoms with van der Waals surface area (Å²) in [5.41, 5.74) is 3.27. The largest absolute Gasteiger partial charge is 0.379 e. The van der Waals surface area contributed by atoms with Crippen molar-refractivity contribution in [3.8, 4) is 0 Å². The molecule has 1 aliphatic rings. The van der Waals surface area contributed by atoms with Crippen molar-refractivity contribution in [1.82, 2.24) is 19.3 Å². The number of rotatable bonds is 7. The monoisotopic (exact) mass is 294 g/mol. The van der Waals surface area contributed by atoms with Gasteiger partial charge in [0.15, 0.2) is 10.4 Å². The molecule has 3 rings (SSSR count). The van der Waals surface area contributed by atoms with E-state index in [0.717, 1.165) is 53.5 Å². The fourth-order valence-electron chi connectivity index (χ4n) is 2.59. The van der Waals surface area contributed by atoms with E-state index in [1.54, 1.807) is 0 Å². The highest BCUT2D eigenvalue weighted by Gasteiger charge is 2.21. The minimum atomic E-state index is 0.714. The van der Waals surface area contributed by atoms with Crippen LogP contribution in [0.15, 0.2) is 0 Å². The molecule has 0 unspecified atom stereocenters. The van der Waals surface area contributed by atoms with Gasteiger partial charge in [0.1, 0.15) is 5.52 Å². The number of nitrogens with one attached hydrogen (secondary N) is 1. The first-order valence-electron chi connectivity index (χ1n) is 7.42. The van der Waals surface area contributed by atoms with Crippen LogP contribution in [0.5, 0.6) is 0 Å². The maximum absolute atomic E-state index is 5.72. The van der Waals surface area contributed by atoms with Gasteiger partial charge in [-0.05, 0) is 37.4 Å². The summed E-state index contributed by atoms with van der Waals surface area (Å²) in [6.45, 7) is 4.56. The number of aromatic nitrogens is 4. The number of aromatic amines is 1. The minimum absolute atomic E-state index is 0.714. The quantitative estimate of drug-likeness (QED) is 0.631. The van der Waals surface area contributed by atoms with Crippen LogP contribution in [-0.4, -0.2) is 32.5 Å². The first-order chi connectivity index (χ1) is 9.70. The number of nitrogens with zero attached hydrogens (tertiary/aromatic N) is 3. The lowest BCUT2D eigenvalue weighted by molar-refractivity contribution is 0.117. The molecule has 0 aliphatic heterocycles. The average molecular weight is 294 g/mol. The van der Waals surface area contributed by atoms with E-state index in [2.05, 4.69) is 21.6 Å². The Morgan fingerprint density at radius 3 is 2.95 bits per heavy atom. The van der Waals surface area contributed by atoms with Gasteiger partial charge in [0.05, 0.1) is 18.8 Å². The molecule has 2 heterocycles. The molecule has 2 aromatic rings. The van der Waals surface area contributed by atoms with E-state index in [-0.39, 0.29) is 0 Å². The maximum Gasteiger partial charge on any atom is 0.179 e. The van der Waals surface area contributed by atoms with E-state index in [0.29, 0.717) is 6.61 Å². The fraction of sp³-hybridized carbons (Fsp3) is 0.714. The number of imidazole rings is 1. The Bertz CT molecular complexity index is 650. The van der Waals surface area contributed by atoms with Gasteiger partial charge in [-0.1, -0.05) is 13.3 Å². The third-order valence-corrected chi connectivity index (χ3v) is 4.14. The molecule has 6 heteroatoms. The molecule has 0 radical (unpaired) electrons. The molecule has 1 aliphatic carbocycles. The van der Waals surface area contributed by atoms with E-state index in [4.69, 9.17) is 17.0 Å². The SMILES string of the molecule is CCCc1nn(C)c2c1[nH]c(=S)n2CCOCC1CC1. The van der Waals surface area contributed by atoms with Crippen molar-refractivity contribution in [2.24, 2.45) is 13.0 Å². The smallest absolute Gasteiger partial charge is 0.179 e. The van der Waals surface area contributed by atoms with Crippen LogP contribution in [0.3, 0.4) is 0 Å². The Labute approximate surface area is 123 Å². The molecular weight excluding hydrogens is 272 g/mol. The lowest BCUT2D eigenvalue weighted by atomic mass is 10.2. The van der Waals surface area contributed by atoms with Crippen LogP contribution in [0.1, 0.15) is 31.9 Å². The molecule has 1 N–H and O–H groups in total. The standard InChI is InChI=1S/C14H22N4OS/c1-3-4-11-12-13(17(2)16-11)18(14(20)15-12)7-8-19-9-10-5-6-10/h10H,3-9H2,1-2H3,(H,15,20). The van der Waals surface area contributed by atoms with Crippen molar-refractivity contribution in [2.75, 3.05) is 13.2 Å². The first kappa shape index (κ1) is 13.8. The van der Waals surface area contributed by atoms with Crippen molar-refractivity contribution in [2.45, 2.75) is 39.2 Å². The van der Waals surface area contributed by atoms with E-state index >= 15 is 0 Å². The van der Waals surface area contributed by atoms with Gasteiger partial charge < -0.3 is 9.72 Å². The Hall–Kier alpha value is -1.14. The van der Waals surface area contributed by atoms with Crippen molar-refractivity contribution >= 4 is 23.4 Å². The minimum Gasteiger partial charge on any atom is -0.379 e. The summed E-state index contributed by atoms with van der Waals surface area (Å²) in [5, 5.41) is 4.59. The number of ether oxygens (including phenoxy) is 1. The number of H-pyrrole nitrogens is 1. The number of fused-ring (bicyclic) bond motifs is 1. The van der Waals surface area contributed by atoms with Gasteiger partial charge in [-0.3, -0.25) is 9.25 Å². The normalized spacial score (nSPS) is 15.3. The van der Waals surface area contributed by atoms with Gasteiger partial charge in [-0.25, -0.2) is 0 Å². The van der Waals surface area contributed by atoms with Gasteiger partial charge in [-0.15, -0.1) is 0 Å². The van der Waals surface area contributed by atoms with Crippen LogP contribution < -0.4 is 0 Å². The van der Waals surface area contributed by atoms with Gasteiger partial charge in [-0.2, -0.15) is 5.10 Å². The van der Waals surface area contributed by atoms with E-state index < -0.39 is 0 Å².